The van der Waals surface area contributed by atoms with Gasteiger partial charge in [0.25, 0.3) is 0 Å². The van der Waals surface area contributed by atoms with Crippen LogP contribution in [0.15, 0.2) is 109 Å². The van der Waals surface area contributed by atoms with Gasteiger partial charge in [-0.3, -0.25) is 43.2 Å². The summed E-state index contributed by atoms with van der Waals surface area (Å²) in [5, 5.41) is 34.8. The normalized spacial score (nSPS) is 17.6. The number of nitrogen functional groups attached to an aromatic ring is 2. The zero-order chi connectivity index (χ0) is 63.3. The van der Waals surface area contributed by atoms with E-state index in [1.54, 1.807) is 117 Å². The number of rotatable bonds is 31. The maximum absolute atomic E-state index is 14.6. The Morgan fingerprint density at radius 3 is 1.53 bits per heavy atom. The molecule has 0 bridgehead atoms. The van der Waals surface area contributed by atoms with Gasteiger partial charge in [0, 0.05) is 43.6 Å². The third kappa shape index (κ3) is 21.2. The lowest BCUT2D eigenvalue weighted by molar-refractivity contribution is -0.142. The van der Waals surface area contributed by atoms with Gasteiger partial charge in [-0.15, -0.1) is 0 Å². The molecule has 0 aliphatic carbocycles. The molecule has 2 saturated heterocycles. The fourth-order valence-electron chi connectivity index (χ4n) is 11.0. The molecule has 4 aromatic carbocycles. The van der Waals surface area contributed by atoms with E-state index in [4.69, 9.17) is 17.2 Å². The van der Waals surface area contributed by atoms with Gasteiger partial charge in [0.15, 0.2) is 0 Å². The minimum Gasteiger partial charge on any atom is -0.399 e. The molecule has 22 nitrogen and oxygen atoms in total. The molecule has 0 saturated carbocycles. The lowest BCUT2D eigenvalue weighted by Gasteiger charge is -2.32. The van der Waals surface area contributed by atoms with Crippen molar-refractivity contribution in [2.45, 2.75) is 173 Å². The molecule has 4 aromatic rings. The first kappa shape index (κ1) is 67.8. The highest BCUT2D eigenvalue weighted by Gasteiger charge is 2.41. The van der Waals surface area contributed by atoms with E-state index in [0.29, 0.717) is 53.9 Å². The molecule has 0 aromatic heterocycles. The van der Waals surface area contributed by atoms with Crippen molar-refractivity contribution in [3.8, 4) is 0 Å². The van der Waals surface area contributed by atoms with E-state index in [0.717, 1.165) is 12.0 Å². The lowest BCUT2D eigenvalue weighted by Crippen LogP contribution is -2.60. The molecule has 10 atom stereocenters. The second-order valence-electron chi connectivity index (χ2n) is 24.3. The number of hydrogen-bond acceptors (Lipinski definition) is 13. The number of carbonyl (C=O) groups excluding carboxylic acids is 9. The highest BCUT2D eigenvalue weighted by Crippen LogP contribution is 2.22. The summed E-state index contributed by atoms with van der Waals surface area (Å²) in [4.78, 5) is 128. The quantitative estimate of drug-likeness (QED) is 0.0322. The molecule has 22 heteroatoms. The molecule has 15 N–H and O–H groups in total. The highest BCUT2D eigenvalue weighted by molar-refractivity contribution is 5.97. The van der Waals surface area contributed by atoms with Crippen LogP contribution < -0.4 is 59.7 Å². The van der Waals surface area contributed by atoms with Crippen LogP contribution in [0.5, 0.6) is 0 Å². The molecule has 2 aliphatic heterocycles. The van der Waals surface area contributed by atoms with E-state index in [9.17, 15) is 48.3 Å². The van der Waals surface area contributed by atoms with E-state index in [1.807, 2.05) is 33.8 Å². The fourth-order valence-corrected chi connectivity index (χ4v) is 11.0. The maximum atomic E-state index is 14.6. The molecule has 2 fully saturated rings. The topological polar surface area (TPSA) is 351 Å². The summed E-state index contributed by atoms with van der Waals surface area (Å²) in [6.07, 6.45) is 0.814. The van der Waals surface area contributed by atoms with Crippen molar-refractivity contribution in [2.24, 2.45) is 23.5 Å². The fraction of sp³-hybridized carbons (Fsp3) is 0.492. The molecule has 2 aliphatic rings. The van der Waals surface area contributed by atoms with Crippen LogP contribution in [0.25, 0.3) is 0 Å². The first-order chi connectivity index (χ1) is 41.4. The summed E-state index contributed by atoms with van der Waals surface area (Å²) in [7, 11) is 0. The van der Waals surface area contributed by atoms with Crippen molar-refractivity contribution in [1.82, 2.24) is 47.4 Å². The molecule has 87 heavy (non-hydrogen) atoms. The smallest absolute Gasteiger partial charge is 0.246 e. The van der Waals surface area contributed by atoms with Crippen LogP contribution in [0.3, 0.4) is 0 Å². The number of nitrogens with two attached hydrogens (primary N) is 3. The van der Waals surface area contributed by atoms with E-state index in [1.165, 1.54) is 4.90 Å². The summed E-state index contributed by atoms with van der Waals surface area (Å²) >= 11 is 0. The van der Waals surface area contributed by atoms with Crippen LogP contribution in [0.4, 0.5) is 11.4 Å². The number of nitrogens with one attached hydrogen (secondary N) is 8. The predicted octanol–water partition coefficient (Wildman–Crippen LogP) is 2.24. The number of benzene rings is 4. The zero-order valence-corrected chi connectivity index (χ0v) is 50.9. The molecule has 9 amide bonds. The van der Waals surface area contributed by atoms with Crippen LogP contribution in [0, 0.1) is 17.8 Å². The summed E-state index contributed by atoms with van der Waals surface area (Å²) in [5.74, 6) is -6.31. The number of hydrogen-bond donors (Lipinski definition) is 12. The number of aliphatic hydroxyl groups excluding tert-OH is 1. The van der Waals surface area contributed by atoms with Crippen molar-refractivity contribution in [2.75, 3.05) is 24.6 Å². The van der Waals surface area contributed by atoms with Gasteiger partial charge in [0.1, 0.15) is 42.3 Å². The van der Waals surface area contributed by atoms with Crippen molar-refractivity contribution < 1.29 is 48.3 Å². The van der Waals surface area contributed by atoms with Gasteiger partial charge >= 0.3 is 0 Å². The monoisotopic (exact) mass is 1200 g/mol. The molecular formula is C65H90N12O10. The van der Waals surface area contributed by atoms with Gasteiger partial charge < -0.3 is 69.7 Å². The van der Waals surface area contributed by atoms with Gasteiger partial charge in [-0.1, -0.05) is 126 Å². The van der Waals surface area contributed by atoms with E-state index < -0.39 is 120 Å². The van der Waals surface area contributed by atoms with Gasteiger partial charge in [0.2, 0.25) is 53.2 Å². The van der Waals surface area contributed by atoms with Crippen molar-refractivity contribution >= 4 is 64.5 Å². The zero-order valence-electron chi connectivity index (χ0n) is 50.9. The van der Waals surface area contributed by atoms with Gasteiger partial charge in [-0.25, -0.2) is 0 Å². The Morgan fingerprint density at radius 1 is 0.529 bits per heavy atom. The van der Waals surface area contributed by atoms with E-state index in [2.05, 4.69) is 42.5 Å². The van der Waals surface area contributed by atoms with Crippen molar-refractivity contribution in [3.63, 3.8) is 0 Å². The second-order valence-corrected chi connectivity index (χ2v) is 24.3. The maximum Gasteiger partial charge on any atom is 0.246 e. The van der Waals surface area contributed by atoms with E-state index in [-0.39, 0.29) is 62.8 Å². The van der Waals surface area contributed by atoms with Gasteiger partial charge in [-0.05, 0) is 109 Å². The van der Waals surface area contributed by atoms with Crippen LogP contribution in [-0.4, -0.2) is 137 Å². The first-order valence-corrected chi connectivity index (χ1v) is 30.3. The summed E-state index contributed by atoms with van der Waals surface area (Å²) in [6, 6.07) is 22.3. The van der Waals surface area contributed by atoms with Crippen LogP contribution in [-0.2, 0) is 68.8 Å². The molecule has 2 heterocycles. The first-order valence-electron chi connectivity index (χ1n) is 30.3. The summed E-state index contributed by atoms with van der Waals surface area (Å²) < 4.78 is 0. The van der Waals surface area contributed by atoms with Crippen molar-refractivity contribution in [3.05, 3.63) is 131 Å². The highest BCUT2D eigenvalue weighted by atomic mass is 16.3. The van der Waals surface area contributed by atoms with Gasteiger partial charge in [-0.2, -0.15) is 0 Å². The average Bonchev–Trinajstić information content (AvgIpc) is 4.42. The van der Waals surface area contributed by atoms with Crippen LogP contribution in [0.1, 0.15) is 109 Å². The molecular weight excluding hydrogens is 1110 g/mol. The molecule has 0 spiro atoms. The minimum atomic E-state index is -1.48. The molecule has 470 valence electrons. The Hall–Kier alpha value is -8.37. The largest absolute Gasteiger partial charge is 0.399 e. The standard InChI is InChI=1S/C65H90N12O10/c1-38(2)31-48(55(78)37-56(79)70-50(32-39(3)4)60(82)73-51(34-41-15-9-7-10-16-41)61(83)72-49(58(68)80)33-43-21-25-45(66)26-22-43)71-64(86)57(40(5)6)76-62(84)52(35-42-17-11-8-12-18-42)74-63(85)54-20-14-30-77(54)65(87)53(36-44-23-27-46(67)28-24-44)75-59(81)47-19-13-29-69-47/h7-12,15-18,21-28,38-40,47-55,57,69,78H,13-14,19-20,29-37,66-67H2,1-6H3,(H2,68,80)(H,70,79)(H,71,86)(H,72,83)(H,73,82)(H,74,85)(H,75,81)(H,76,84)/t47-,48-,49-,50-,51-,52-,53?,54-,55-,57-/m0/s1. The Labute approximate surface area is 510 Å². The predicted molar refractivity (Wildman–Crippen MR) is 332 cm³/mol. The minimum absolute atomic E-state index is 0.0251. The Morgan fingerprint density at radius 2 is 1.01 bits per heavy atom. The number of carbonyl (C=O) groups is 9. The molecule has 1 unspecified atom stereocenters. The van der Waals surface area contributed by atoms with Crippen LogP contribution >= 0.6 is 0 Å². The lowest BCUT2D eigenvalue weighted by atomic mass is 9.95. The SMILES string of the molecule is CC(C)C[C@H](NC(=O)C[C@H](O)[C@H](CC(C)C)NC(=O)[C@@H](NC(=O)[C@H](Cc1ccccc1)NC(=O)[C@@H]1CCCN1C(=O)C(Cc1ccc(N)cc1)NC(=O)[C@@H]1CCCN1)C(C)C)C(=O)N[C@@H](Cc1ccccc1)C(=O)N[C@@H](Cc1ccc(N)cc1)C(N)=O. The Bertz CT molecular complexity index is 2940. The van der Waals surface area contributed by atoms with Crippen molar-refractivity contribution in [1.29, 1.82) is 0 Å². The average molecular weight is 1200 g/mol. The molecule has 0 radical (unpaired) electrons. The summed E-state index contributed by atoms with van der Waals surface area (Å²) in [6.45, 7) is 11.8. The number of nitrogens with zero attached hydrogens (tertiary/aromatic N) is 1. The number of anilines is 2. The number of likely N-dealkylation sites (tertiary alicyclic amines) is 1. The Kier molecular flexibility index (Phi) is 25.7. The Balaban J connectivity index is 1.13. The second kappa shape index (κ2) is 32.9. The number of amides is 9. The number of primary amides is 1. The van der Waals surface area contributed by atoms with Crippen LogP contribution in [0.2, 0.25) is 0 Å². The third-order valence-electron chi connectivity index (χ3n) is 15.7. The molecule has 6 rings (SSSR count). The number of aliphatic hydroxyl groups is 1. The third-order valence-corrected chi connectivity index (χ3v) is 15.7. The summed E-state index contributed by atoms with van der Waals surface area (Å²) in [5.41, 5.74) is 21.5. The van der Waals surface area contributed by atoms with Gasteiger partial charge in [0.05, 0.1) is 24.6 Å². The van der Waals surface area contributed by atoms with E-state index >= 15 is 0 Å².